The molecule has 1 aromatic rings. The highest BCUT2D eigenvalue weighted by atomic mass is 35.5. The second-order valence-electron chi connectivity index (χ2n) is 4.66. The molecule has 0 aliphatic heterocycles. The maximum absolute atomic E-state index is 11.7. The molecular weight excluding hydrogens is 301 g/mol. The summed E-state index contributed by atoms with van der Waals surface area (Å²) >= 11 is 11.6. The van der Waals surface area contributed by atoms with Crippen LogP contribution in [0.25, 0.3) is 0 Å². The Morgan fingerprint density at radius 2 is 1.90 bits per heavy atom. The van der Waals surface area contributed by atoms with E-state index >= 15 is 0 Å². The molecule has 0 saturated heterocycles. The van der Waals surface area contributed by atoms with Gasteiger partial charge in [0, 0.05) is 5.69 Å². The number of rotatable bonds is 5. The van der Waals surface area contributed by atoms with Crippen molar-refractivity contribution >= 4 is 40.7 Å². The lowest BCUT2D eigenvalue weighted by Gasteiger charge is -2.15. The number of hydrogen-bond donors (Lipinski definition) is 3. The zero-order chi connectivity index (χ0) is 15.3. The average molecular weight is 318 g/mol. The Morgan fingerprint density at radius 1 is 1.25 bits per heavy atom. The van der Waals surface area contributed by atoms with Crippen molar-refractivity contribution in [1.82, 2.24) is 5.32 Å². The molecule has 0 aromatic heterocycles. The van der Waals surface area contributed by atoms with Gasteiger partial charge in [-0.3, -0.25) is 9.59 Å². The van der Waals surface area contributed by atoms with E-state index in [2.05, 4.69) is 10.6 Å². The number of nitrogens with one attached hydrogen (secondary N) is 2. The molecule has 0 heterocycles. The molecule has 7 heteroatoms. The smallest absolute Gasteiger partial charge is 0.243 e. The van der Waals surface area contributed by atoms with Gasteiger partial charge in [-0.05, 0) is 24.1 Å². The van der Waals surface area contributed by atoms with Gasteiger partial charge in [0.15, 0.2) is 0 Å². The lowest BCUT2D eigenvalue weighted by atomic mass is 10.1. The van der Waals surface area contributed by atoms with Gasteiger partial charge < -0.3 is 16.4 Å². The molecule has 0 unspecified atom stereocenters. The summed E-state index contributed by atoms with van der Waals surface area (Å²) in [7, 11) is 0. The molecule has 1 aromatic carbocycles. The summed E-state index contributed by atoms with van der Waals surface area (Å²) in [6.07, 6.45) is 0. The largest absolute Gasteiger partial charge is 0.346 e. The van der Waals surface area contributed by atoms with Crippen LogP contribution < -0.4 is 16.4 Å². The minimum atomic E-state index is -0.632. The Morgan fingerprint density at radius 3 is 2.45 bits per heavy atom. The normalized spacial score (nSPS) is 12.1. The highest BCUT2D eigenvalue weighted by Crippen LogP contribution is 2.24. The van der Waals surface area contributed by atoms with E-state index in [1.54, 1.807) is 12.1 Å². The Kier molecular flexibility index (Phi) is 6.26. The van der Waals surface area contributed by atoms with E-state index in [1.165, 1.54) is 6.07 Å². The zero-order valence-electron chi connectivity index (χ0n) is 11.2. The maximum atomic E-state index is 11.7. The van der Waals surface area contributed by atoms with E-state index in [9.17, 15) is 9.59 Å². The predicted octanol–water partition coefficient (Wildman–Crippen LogP) is 2.03. The molecule has 110 valence electrons. The van der Waals surface area contributed by atoms with Crippen LogP contribution in [0.4, 0.5) is 5.69 Å². The summed E-state index contributed by atoms with van der Waals surface area (Å²) in [4.78, 5) is 23.2. The van der Waals surface area contributed by atoms with Gasteiger partial charge in [-0.1, -0.05) is 37.0 Å². The molecule has 0 spiro atoms. The van der Waals surface area contributed by atoms with E-state index < -0.39 is 6.04 Å². The summed E-state index contributed by atoms with van der Waals surface area (Å²) in [5, 5.41) is 5.82. The predicted molar refractivity (Wildman–Crippen MR) is 80.9 cm³/mol. The van der Waals surface area contributed by atoms with Gasteiger partial charge in [-0.25, -0.2) is 0 Å². The molecule has 0 aliphatic carbocycles. The van der Waals surface area contributed by atoms with Crippen LogP contribution in [-0.2, 0) is 9.59 Å². The van der Waals surface area contributed by atoms with Gasteiger partial charge in [0.25, 0.3) is 0 Å². The van der Waals surface area contributed by atoms with Gasteiger partial charge in [0.1, 0.15) is 0 Å². The molecular formula is C13H17Cl2N3O2. The quantitative estimate of drug-likeness (QED) is 0.777. The first-order valence-corrected chi connectivity index (χ1v) is 6.85. The Hall–Kier alpha value is -1.30. The SMILES string of the molecule is CC(C)[C@H](N)C(=O)NCC(=O)Nc1ccc(Cl)c(Cl)c1. The van der Waals surface area contributed by atoms with Crippen molar-refractivity contribution in [3.05, 3.63) is 28.2 Å². The molecule has 1 rings (SSSR count). The molecule has 0 radical (unpaired) electrons. The number of carbonyl (C=O) groups excluding carboxylic acids is 2. The number of amides is 2. The topological polar surface area (TPSA) is 84.2 Å². The van der Waals surface area contributed by atoms with Crippen LogP contribution in [0.5, 0.6) is 0 Å². The van der Waals surface area contributed by atoms with Crippen LogP contribution in [0.15, 0.2) is 18.2 Å². The third kappa shape index (κ3) is 5.00. The van der Waals surface area contributed by atoms with Crippen LogP contribution in [0.2, 0.25) is 10.0 Å². The van der Waals surface area contributed by atoms with Crippen molar-refractivity contribution in [3.8, 4) is 0 Å². The average Bonchev–Trinajstić information content (AvgIpc) is 2.39. The van der Waals surface area contributed by atoms with Gasteiger partial charge in [0.2, 0.25) is 11.8 Å². The first kappa shape index (κ1) is 16.8. The molecule has 0 saturated carbocycles. The molecule has 4 N–H and O–H groups in total. The van der Waals surface area contributed by atoms with Crippen LogP contribution in [-0.4, -0.2) is 24.4 Å². The summed E-state index contributed by atoms with van der Waals surface area (Å²) < 4.78 is 0. The van der Waals surface area contributed by atoms with Gasteiger partial charge in [-0.2, -0.15) is 0 Å². The number of halogens is 2. The number of carbonyl (C=O) groups is 2. The molecule has 2 amide bonds. The van der Waals surface area contributed by atoms with Crippen molar-refractivity contribution in [3.63, 3.8) is 0 Å². The summed E-state index contributed by atoms with van der Waals surface area (Å²) in [5.41, 5.74) is 6.17. The fraction of sp³-hybridized carbons (Fsp3) is 0.385. The second-order valence-corrected chi connectivity index (χ2v) is 5.48. The van der Waals surface area contributed by atoms with Gasteiger partial charge in [0.05, 0.1) is 22.6 Å². The zero-order valence-corrected chi connectivity index (χ0v) is 12.8. The van der Waals surface area contributed by atoms with Crippen molar-refractivity contribution in [1.29, 1.82) is 0 Å². The number of nitrogens with two attached hydrogens (primary N) is 1. The fourth-order valence-corrected chi connectivity index (χ4v) is 1.67. The number of anilines is 1. The molecule has 20 heavy (non-hydrogen) atoms. The molecule has 5 nitrogen and oxygen atoms in total. The second kappa shape index (κ2) is 7.47. The highest BCUT2D eigenvalue weighted by molar-refractivity contribution is 6.42. The lowest BCUT2D eigenvalue weighted by Crippen LogP contribution is -2.46. The standard InChI is InChI=1S/C13H17Cl2N3O2/c1-7(2)12(16)13(20)17-6-11(19)18-8-3-4-9(14)10(15)5-8/h3-5,7,12H,6,16H2,1-2H3,(H,17,20)(H,18,19)/t12-/m0/s1. The van der Waals surface area contributed by atoms with E-state index in [-0.39, 0.29) is 24.3 Å². The van der Waals surface area contributed by atoms with E-state index in [4.69, 9.17) is 28.9 Å². The van der Waals surface area contributed by atoms with Crippen LogP contribution in [0.3, 0.4) is 0 Å². The molecule has 1 atom stereocenters. The first-order chi connectivity index (χ1) is 9.31. The van der Waals surface area contributed by atoms with Gasteiger partial charge >= 0.3 is 0 Å². The molecule has 0 bridgehead atoms. The van der Waals surface area contributed by atoms with E-state index in [0.717, 1.165) is 0 Å². The Bertz CT molecular complexity index is 506. The molecule has 0 fully saturated rings. The van der Waals surface area contributed by atoms with Gasteiger partial charge in [-0.15, -0.1) is 0 Å². The molecule has 0 aliphatic rings. The minimum absolute atomic E-state index is 0.00753. The number of benzene rings is 1. The van der Waals surface area contributed by atoms with Crippen LogP contribution in [0, 0.1) is 5.92 Å². The monoisotopic (exact) mass is 317 g/mol. The Balaban J connectivity index is 2.48. The summed E-state index contributed by atoms with van der Waals surface area (Å²) in [5.74, 6) is -0.717. The van der Waals surface area contributed by atoms with Crippen molar-refractivity contribution < 1.29 is 9.59 Å². The third-order valence-corrected chi connectivity index (χ3v) is 3.39. The summed E-state index contributed by atoms with van der Waals surface area (Å²) in [6.45, 7) is 3.51. The third-order valence-electron chi connectivity index (χ3n) is 2.65. The number of hydrogen-bond acceptors (Lipinski definition) is 3. The van der Waals surface area contributed by atoms with Crippen LogP contribution in [0.1, 0.15) is 13.8 Å². The van der Waals surface area contributed by atoms with E-state index in [1.807, 2.05) is 13.8 Å². The minimum Gasteiger partial charge on any atom is -0.346 e. The summed E-state index contributed by atoms with van der Waals surface area (Å²) in [6, 6.07) is 4.09. The maximum Gasteiger partial charge on any atom is 0.243 e. The lowest BCUT2D eigenvalue weighted by molar-refractivity contribution is -0.125. The Labute approximate surface area is 127 Å². The van der Waals surface area contributed by atoms with E-state index in [0.29, 0.717) is 15.7 Å². The van der Waals surface area contributed by atoms with Crippen molar-refractivity contribution in [2.75, 3.05) is 11.9 Å². The van der Waals surface area contributed by atoms with Crippen LogP contribution >= 0.6 is 23.2 Å². The van der Waals surface area contributed by atoms with Crippen molar-refractivity contribution in [2.45, 2.75) is 19.9 Å². The fourth-order valence-electron chi connectivity index (χ4n) is 1.37. The first-order valence-electron chi connectivity index (χ1n) is 6.09. The van der Waals surface area contributed by atoms with Crippen molar-refractivity contribution in [2.24, 2.45) is 11.7 Å². The highest BCUT2D eigenvalue weighted by Gasteiger charge is 2.17.